The fourth-order valence-electron chi connectivity index (χ4n) is 3.07. The van der Waals surface area contributed by atoms with E-state index < -0.39 is 0 Å². The normalized spacial score (nSPS) is 18.0. The summed E-state index contributed by atoms with van der Waals surface area (Å²) in [5, 5.41) is 15.4. The van der Waals surface area contributed by atoms with Crippen LogP contribution in [0.2, 0.25) is 0 Å². The summed E-state index contributed by atoms with van der Waals surface area (Å²) in [5.41, 5.74) is 1.55. The number of non-ortho nitro benzene ring substituents is 1. The Morgan fingerprint density at radius 2 is 2.33 bits per heavy atom. The number of anilines is 1. The third-order valence-electron chi connectivity index (χ3n) is 4.05. The first kappa shape index (κ1) is 13.8. The average molecular weight is 286 g/mol. The lowest BCUT2D eigenvalue weighted by Gasteiger charge is -2.30. The van der Waals surface area contributed by atoms with Crippen molar-refractivity contribution in [1.82, 2.24) is 10.3 Å². The van der Waals surface area contributed by atoms with Crippen molar-refractivity contribution in [2.45, 2.75) is 19.4 Å². The number of likely N-dealkylation sites (N-methyl/N-ethyl adjacent to an activating group) is 1. The predicted molar refractivity (Wildman–Crippen MR) is 82.7 cm³/mol. The van der Waals surface area contributed by atoms with E-state index in [1.54, 1.807) is 12.3 Å². The maximum atomic E-state index is 11.2. The molecule has 0 saturated carbocycles. The van der Waals surface area contributed by atoms with Crippen LogP contribution in [0.15, 0.2) is 30.5 Å². The lowest BCUT2D eigenvalue weighted by Crippen LogP contribution is -2.36. The van der Waals surface area contributed by atoms with Gasteiger partial charge in [0.1, 0.15) is 5.52 Å². The Morgan fingerprint density at radius 3 is 3.00 bits per heavy atom. The molecule has 2 heterocycles. The van der Waals surface area contributed by atoms with Gasteiger partial charge in [0.05, 0.1) is 4.92 Å². The Balaban J connectivity index is 2.14. The molecule has 1 atom stereocenters. The number of benzene rings is 1. The van der Waals surface area contributed by atoms with Crippen molar-refractivity contribution in [3.63, 3.8) is 0 Å². The van der Waals surface area contributed by atoms with E-state index >= 15 is 0 Å². The quantitative estimate of drug-likeness (QED) is 0.690. The van der Waals surface area contributed by atoms with Crippen molar-refractivity contribution >= 4 is 22.3 Å². The highest BCUT2D eigenvalue weighted by atomic mass is 16.6. The van der Waals surface area contributed by atoms with Crippen LogP contribution in [-0.4, -0.2) is 35.6 Å². The maximum Gasteiger partial charge on any atom is 0.295 e. The zero-order chi connectivity index (χ0) is 14.8. The smallest absolute Gasteiger partial charge is 0.295 e. The van der Waals surface area contributed by atoms with Crippen LogP contribution in [0, 0.1) is 10.1 Å². The van der Waals surface area contributed by atoms with Crippen LogP contribution >= 0.6 is 0 Å². The Bertz CT molecular complexity index is 668. The molecule has 1 aromatic carbocycles. The molecule has 0 spiro atoms. The van der Waals surface area contributed by atoms with Gasteiger partial charge in [-0.05, 0) is 38.1 Å². The van der Waals surface area contributed by atoms with E-state index in [1.165, 1.54) is 0 Å². The van der Waals surface area contributed by atoms with Crippen molar-refractivity contribution in [2.75, 3.05) is 24.5 Å². The first-order valence-corrected chi connectivity index (χ1v) is 7.22. The minimum atomic E-state index is -0.369. The summed E-state index contributed by atoms with van der Waals surface area (Å²) in [6.45, 7) is 4.95. The molecule has 6 heteroatoms. The molecular formula is C15H18N4O2. The molecule has 1 N–H and O–H groups in total. The van der Waals surface area contributed by atoms with Crippen molar-refractivity contribution in [3.05, 3.63) is 40.6 Å². The minimum Gasteiger partial charge on any atom is -0.367 e. The van der Waals surface area contributed by atoms with E-state index in [2.05, 4.69) is 22.1 Å². The van der Waals surface area contributed by atoms with E-state index in [1.807, 2.05) is 18.2 Å². The molecule has 2 aromatic rings. The van der Waals surface area contributed by atoms with E-state index in [4.69, 9.17) is 0 Å². The molecule has 3 rings (SSSR count). The number of nitro benzene ring substituents is 1. The fourth-order valence-corrected chi connectivity index (χ4v) is 3.07. The summed E-state index contributed by atoms with van der Waals surface area (Å²) < 4.78 is 0. The van der Waals surface area contributed by atoms with Gasteiger partial charge >= 0.3 is 0 Å². The SMILES string of the molecule is CCN(c1ccc([N+](=O)[O-])c2ncccc12)C1CCNC1. The maximum absolute atomic E-state index is 11.2. The molecule has 0 aliphatic carbocycles. The standard InChI is InChI=1S/C15H18N4O2/c1-2-18(11-7-9-16-10-11)13-5-6-14(19(20)21)15-12(13)4-3-8-17-15/h3-6,8,11,16H,2,7,9-10H2,1H3. The molecule has 0 radical (unpaired) electrons. The lowest BCUT2D eigenvalue weighted by molar-refractivity contribution is -0.383. The Morgan fingerprint density at radius 1 is 1.48 bits per heavy atom. The molecule has 0 bridgehead atoms. The summed E-state index contributed by atoms with van der Waals surface area (Å²) in [5.74, 6) is 0. The van der Waals surface area contributed by atoms with Gasteiger partial charge in [-0.3, -0.25) is 10.1 Å². The van der Waals surface area contributed by atoms with Crippen LogP contribution in [0.1, 0.15) is 13.3 Å². The Labute approximate surface area is 122 Å². The number of hydrogen-bond acceptors (Lipinski definition) is 5. The number of hydrogen-bond donors (Lipinski definition) is 1. The van der Waals surface area contributed by atoms with Gasteiger partial charge in [0, 0.05) is 42.5 Å². The second-order valence-electron chi connectivity index (χ2n) is 5.19. The number of pyridine rings is 1. The van der Waals surface area contributed by atoms with E-state index in [-0.39, 0.29) is 10.6 Å². The summed E-state index contributed by atoms with van der Waals surface area (Å²) >= 11 is 0. The third kappa shape index (κ3) is 2.42. The number of aromatic nitrogens is 1. The van der Waals surface area contributed by atoms with Gasteiger partial charge in [-0.2, -0.15) is 0 Å². The van der Waals surface area contributed by atoms with E-state index in [0.717, 1.165) is 37.1 Å². The van der Waals surface area contributed by atoms with Crippen LogP contribution in [0.25, 0.3) is 10.9 Å². The highest BCUT2D eigenvalue weighted by Crippen LogP contribution is 2.33. The molecule has 1 saturated heterocycles. The largest absolute Gasteiger partial charge is 0.367 e. The van der Waals surface area contributed by atoms with Crippen LogP contribution in [0.3, 0.4) is 0 Å². The molecule has 6 nitrogen and oxygen atoms in total. The Hall–Kier alpha value is -2.21. The summed E-state index contributed by atoms with van der Waals surface area (Å²) in [7, 11) is 0. The topological polar surface area (TPSA) is 71.3 Å². The van der Waals surface area contributed by atoms with Crippen molar-refractivity contribution < 1.29 is 4.92 Å². The van der Waals surface area contributed by atoms with Crippen molar-refractivity contribution in [2.24, 2.45) is 0 Å². The fraction of sp³-hybridized carbons (Fsp3) is 0.400. The first-order chi connectivity index (χ1) is 10.2. The number of rotatable bonds is 4. The second-order valence-corrected chi connectivity index (χ2v) is 5.19. The van der Waals surface area contributed by atoms with Gasteiger partial charge in [0.2, 0.25) is 0 Å². The molecular weight excluding hydrogens is 268 g/mol. The highest BCUT2D eigenvalue weighted by molar-refractivity contribution is 5.97. The summed E-state index contributed by atoms with van der Waals surface area (Å²) in [6, 6.07) is 7.59. The zero-order valence-corrected chi connectivity index (χ0v) is 12.0. The molecule has 1 aliphatic heterocycles. The number of nitrogens with one attached hydrogen (secondary N) is 1. The van der Waals surface area contributed by atoms with Gasteiger partial charge in [0.25, 0.3) is 5.69 Å². The number of nitro groups is 1. The average Bonchev–Trinajstić information content (AvgIpc) is 3.02. The van der Waals surface area contributed by atoms with Crippen LogP contribution in [0.4, 0.5) is 11.4 Å². The molecule has 21 heavy (non-hydrogen) atoms. The summed E-state index contributed by atoms with van der Waals surface area (Å²) in [4.78, 5) is 17.3. The molecule has 0 amide bonds. The summed E-state index contributed by atoms with van der Waals surface area (Å²) in [6.07, 6.45) is 2.69. The molecule has 1 fully saturated rings. The van der Waals surface area contributed by atoms with E-state index in [0.29, 0.717) is 11.6 Å². The van der Waals surface area contributed by atoms with Crippen LogP contribution in [-0.2, 0) is 0 Å². The monoisotopic (exact) mass is 286 g/mol. The number of fused-ring (bicyclic) bond motifs is 1. The molecule has 1 aliphatic rings. The molecule has 110 valence electrons. The van der Waals surface area contributed by atoms with Gasteiger partial charge < -0.3 is 10.2 Å². The van der Waals surface area contributed by atoms with Gasteiger partial charge in [0.15, 0.2) is 0 Å². The van der Waals surface area contributed by atoms with Gasteiger partial charge in [-0.25, -0.2) is 4.98 Å². The van der Waals surface area contributed by atoms with E-state index in [9.17, 15) is 10.1 Å². The number of nitrogens with zero attached hydrogens (tertiary/aromatic N) is 3. The lowest BCUT2D eigenvalue weighted by atomic mass is 10.1. The molecule has 1 aromatic heterocycles. The van der Waals surface area contributed by atoms with Gasteiger partial charge in [-0.1, -0.05) is 0 Å². The van der Waals surface area contributed by atoms with Crippen LogP contribution < -0.4 is 10.2 Å². The zero-order valence-electron chi connectivity index (χ0n) is 12.0. The Kier molecular flexibility index (Phi) is 3.70. The first-order valence-electron chi connectivity index (χ1n) is 7.22. The minimum absolute atomic E-state index is 0.0648. The molecule has 1 unspecified atom stereocenters. The third-order valence-corrected chi connectivity index (χ3v) is 4.05. The highest BCUT2D eigenvalue weighted by Gasteiger charge is 2.24. The van der Waals surface area contributed by atoms with Crippen molar-refractivity contribution in [3.8, 4) is 0 Å². The van der Waals surface area contributed by atoms with Crippen molar-refractivity contribution in [1.29, 1.82) is 0 Å². The van der Waals surface area contributed by atoms with Crippen LogP contribution in [0.5, 0.6) is 0 Å². The predicted octanol–water partition coefficient (Wildman–Crippen LogP) is 2.33. The second kappa shape index (κ2) is 5.65. The van der Waals surface area contributed by atoms with Gasteiger partial charge in [-0.15, -0.1) is 0 Å².